The molecule has 0 aromatic carbocycles. The van der Waals surface area contributed by atoms with Crippen molar-refractivity contribution in [1.82, 2.24) is 0 Å². The molecule has 1 N–H and O–H groups in total. The van der Waals surface area contributed by atoms with Crippen LogP contribution in [0.15, 0.2) is 0 Å². The maximum Gasteiger partial charge on any atom is 0.306 e. The van der Waals surface area contributed by atoms with Crippen LogP contribution in [0.2, 0.25) is 0 Å². The molecule has 48 heavy (non-hydrogen) atoms. The molecule has 4 saturated carbocycles. The maximum absolute atomic E-state index is 13.3. The molecule has 0 bridgehead atoms. The highest BCUT2D eigenvalue weighted by atomic mass is 16.5. The molecule has 0 amide bonds. The molecule has 2 unspecified atom stereocenters. The van der Waals surface area contributed by atoms with Gasteiger partial charge in [0.25, 0.3) is 0 Å². The Balaban J connectivity index is 1.16. The van der Waals surface area contributed by atoms with Crippen LogP contribution in [-0.4, -0.2) is 23.3 Å². The van der Waals surface area contributed by atoms with Crippen molar-refractivity contribution in [1.29, 1.82) is 0 Å². The van der Waals surface area contributed by atoms with Gasteiger partial charge in [-0.15, -0.1) is 0 Å². The van der Waals surface area contributed by atoms with Gasteiger partial charge in [-0.2, -0.15) is 0 Å². The van der Waals surface area contributed by atoms with Crippen molar-refractivity contribution in [2.75, 3.05) is 0 Å². The quantitative estimate of drug-likeness (QED) is 0.0921. The first-order chi connectivity index (χ1) is 23.1. The Morgan fingerprint density at radius 1 is 0.708 bits per heavy atom. The van der Waals surface area contributed by atoms with E-state index >= 15 is 0 Å². The average molecular weight is 671 g/mol. The van der Waals surface area contributed by atoms with Crippen LogP contribution in [0.1, 0.15) is 215 Å². The standard InChI is InChI=1S/C45H82O3/c1-7-8-9-16-24-37(46)25-17-14-12-10-11-13-15-18-27-43(47)48-42-26-20-23-36-28-29-38-40-31-30-39(35(4)22-19-21-34(2)3)44(40,5)33-32-41(38)45(36,42)6/h34-42,46H,7-33H2,1-6H3/t35-,36+,37?,38+,39-,40-,41-,42?,44+,45-/m0/s1. The summed E-state index contributed by atoms with van der Waals surface area (Å²) >= 11 is 0. The Kier molecular flexibility index (Phi) is 16.7. The number of rotatable bonds is 22. The summed E-state index contributed by atoms with van der Waals surface area (Å²) in [5, 5.41) is 10.2. The third-order valence-electron chi connectivity index (χ3n) is 15.2. The first-order valence-electron chi connectivity index (χ1n) is 22.0. The molecule has 4 aliphatic carbocycles. The molecular formula is C45H82O3. The first kappa shape index (κ1) is 40.2. The highest BCUT2D eigenvalue weighted by Gasteiger charge is 2.62. The van der Waals surface area contributed by atoms with Crippen molar-refractivity contribution in [2.45, 2.75) is 227 Å². The van der Waals surface area contributed by atoms with E-state index in [1.165, 1.54) is 135 Å². The predicted molar refractivity (Wildman–Crippen MR) is 204 cm³/mol. The SMILES string of the molecule is CCCCCCC(O)CCCCCCCCCCC(=O)OC1CCC[C@@H]2CC[C@@H]3[C@@H]4CC[C@@H]([C@@H](C)CCCC(C)C)[C@@]4(C)CC[C@@H]3[C@@]12C. The van der Waals surface area contributed by atoms with Crippen molar-refractivity contribution >= 4 is 5.97 Å². The van der Waals surface area contributed by atoms with Crippen molar-refractivity contribution < 1.29 is 14.6 Å². The van der Waals surface area contributed by atoms with E-state index in [1.54, 1.807) is 0 Å². The molecule has 4 aliphatic rings. The zero-order valence-corrected chi connectivity index (χ0v) is 33.1. The molecule has 0 aromatic heterocycles. The van der Waals surface area contributed by atoms with Gasteiger partial charge in [-0.05, 0) is 124 Å². The average Bonchev–Trinajstić information content (AvgIpc) is 3.41. The van der Waals surface area contributed by atoms with Crippen LogP contribution in [-0.2, 0) is 9.53 Å². The number of hydrogen-bond donors (Lipinski definition) is 1. The number of esters is 1. The molecule has 3 heteroatoms. The highest BCUT2D eigenvalue weighted by Crippen LogP contribution is 2.68. The van der Waals surface area contributed by atoms with Crippen molar-refractivity contribution in [2.24, 2.45) is 52.3 Å². The third-order valence-corrected chi connectivity index (χ3v) is 15.2. The molecule has 0 heterocycles. The number of aliphatic hydroxyl groups is 1. The van der Waals surface area contributed by atoms with E-state index in [-0.39, 0.29) is 23.6 Å². The predicted octanol–water partition coefficient (Wildman–Crippen LogP) is 13.3. The largest absolute Gasteiger partial charge is 0.462 e. The number of carbonyl (C=O) groups is 1. The first-order valence-corrected chi connectivity index (χ1v) is 22.0. The van der Waals surface area contributed by atoms with E-state index in [9.17, 15) is 9.90 Å². The van der Waals surface area contributed by atoms with Crippen LogP contribution in [0, 0.1) is 52.3 Å². The van der Waals surface area contributed by atoms with Gasteiger partial charge < -0.3 is 9.84 Å². The van der Waals surface area contributed by atoms with Gasteiger partial charge >= 0.3 is 5.97 Å². The number of unbranched alkanes of at least 4 members (excludes halogenated alkanes) is 10. The van der Waals surface area contributed by atoms with Gasteiger partial charge in [0.1, 0.15) is 6.10 Å². The Morgan fingerprint density at radius 3 is 2.06 bits per heavy atom. The number of aliphatic hydroxyl groups excluding tert-OH is 1. The summed E-state index contributed by atoms with van der Waals surface area (Å²) in [6.07, 6.45) is 33.7. The van der Waals surface area contributed by atoms with E-state index in [0.717, 1.165) is 73.5 Å². The molecule has 0 aliphatic heterocycles. The summed E-state index contributed by atoms with van der Waals surface area (Å²) in [4.78, 5) is 13.3. The van der Waals surface area contributed by atoms with Gasteiger partial charge in [0.2, 0.25) is 0 Å². The van der Waals surface area contributed by atoms with E-state index in [0.29, 0.717) is 11.8 Å². The number of ether oxygens (including phenoxy) is 1. The lowest BCUT2D eigenvalue weighted by molar-refractivity contribution is -0.192. The second-order valence-electron chi connectivity index (χ2n) is 18.8. The lowest BCUT2D eigenvalue weighted by Crippen LogP contribution is -2.58. The lowest BCUT2D eigenvalue weighted by atomic mass is 9.44. The summed E-state index contributed by atoms with van der Waals surface area (Å²) < 4.78 is 6.54. The lowest BCUT2D eigenvalue weighted by Gasteiger charge is -2.62. The molecule has 10 atom stereocenters. The van der Waals surface area contributed by atoms with Crippen LogP contribution in [0.4, 0.5) is 0 Å². The highest BCUT2D eigenvalue weighted by molar-refractivity contribution is 5.69. The van der Waals surface area contributed by atoms with E-state index in [1.807, 2.05) is 0 Å². The monoisotopic (exact) mass is 671 g/mol. The maximum atomic E-state index is 13.3. The van der Waals surface area contributed by atoms with Crippen molar-refractivity contribution in [3.8, 4) is 0 Å². The fourth-order valence-corrected chi connectivity index (χ4v) is 12.4. The Bertz CT molecular complexity index is 914. The molecule has 3 nitrogen and oxygen atoms in total. The minimum Gasteiger partial charge on any atom is -0.462 e. The minimum absolute atomic E-state index is 0.0835. The molecule has 0 spiro atoms. The zero-order valence-electron chi connectivity index (χ0n) is 33.1. The smallest absolute Gasteiger partial charge is 0.306 e. The summed E-state index contributed by atoms with van der Waals surface area (Å²) in [6.45, 7) is 14.9. The van der Waals surface area contributed by atoms with E-state index in [2.05, 4.69) is 41.5 Å². The van der Waals surface area contributed by atoms with Gasteiger partial charge in [-0.3, -0.25) is 4.79 Å². The molecule has 4 rings (SSSR count). The zero-order chi connectivity index (χ0) is 34.6. The molecular weight excluding hydrogens is 588 g/mol. The van der Waals surface area contributed by atoms with Gasteiger partial charge in [0.05, 0.1) is 6.10 Å². The van der Waals surface area contributed by atoms with E-state index in [4.69, 9.17) is 4.74 Å². The number of fused-ring (bicyclic) bond motifs is 5. The van der Waals surface area contributed by atoms with Gasteiger partial charge in [0.15, 0.2) is 0 Å². The van der Waals surface area contributed by atoms with E-state index < -0.39 is 0 Å². The second kappa shape index (κ2) is 19.9. The molecule has 0 saturated heterocycles. The van der Waals surface area contributed by atoms with Crippen molar-refractivity contribution in [3.05, 3.63) is 0 Å². The van der Waals surface area contributed by atoms with Gasteiger partial charge in [-0.1, -0.05) is 131 Å². The summed E-state index contributed by atoms with van der Waals surface area (Å²) in [7, 11) is 0. The molecule has 0 radical (unpaired) electrons. The fourth-order valence-electron chi connectivity index (χ4n) is 12.4. The molecule has 0 aromatic rings. The molecule has 280 valence electrons. The van der Waals surface area contributed by atoms with Gasteiger partial charge in [0, 0.05) is 11.8 Å². The Labute approximate surface area is 299 Å². The van der Waals surface area contributed by atoms with Crippen LogP contribution in [0.25, 0.3) is 0 Å². The molecule has 4 fully saturated rings. The van der Waals surface area contributed by atoms with Crippen LogP contribution in [0.3, 0.4) is 0 Å². The summed E-state index contributed by atoms with van der Waals surface area (Å²) in [5.74, 6) is 5.91. The van der Waals surface area contributed by atoms with Crippen molar-refractivity contribution in [3.63, 3.8) is 0 Å². The van der Waals surface area contributed by atoms with Crippen LogP contribution in [0.5, 0.6) is 0 Å². The Morgan fingerprint density at radius 2 is 1.38 bits per heavy atom. The van der Waals surface area contributed by atoms with Crippen LogP contribution < -0.4 is 0 Å². The Hall–Kier alpha value is -0.570. The summed E-state index contributed by atoms with van der Waals surface area (Å²) in [5.41, 5.74) is 0.711. The normalized spacial score (nSPS) is 34.3. The second-order valence-corrected chi connectivity index (χ2v) is 18.8. The van der Waals surface area contributed by atoms with Crippen LogP contribution >= 0.6 is 0 Å². The fraction of sp³-hybridized carbons (Fsp3) is 0.978. The van der Waals surface area contributed by atoms with Gasteiger partial charge in [-0.25, -0.2) is 0 Å². The topological polar surface area (TPSA) is 46.5 Å². The number of hydrogen-bond acceptors (Lipinski definition) is 3. The summed E-state index contributed by atoms with van der Waals surface area (Å²) in [6, 6.07) is 0. The minimum atomic E-state index is -0.0835. The number of carbonyl (C=O) groups excluding carboxylic acids is 1. The third kappa shape index (κ3) is 10.5.